The number of rotatable bonds is 2. The van der Waals surface area contributed by atoms with Gasteiger partial charge < -0.3 is 4.40 Å². The fourth-order valence-corrected chi connectivity index (χ4v) is 2.83. The molecule has 1 aliphatic rings. The van der Waals surface area contributed by atoms with Crippen molar-refractivity contribution in [1.82, 2.24) is 9.38 Å². The minimum absolute atomic E-state index is 0.467. The van der Waals surface area contributed by atoms with Crippen LogP contribution < -0.4 is 0 Å². The largest absolute Gasteiger partial charge is 0.301 e. The molecule has 4 heteroatoms. The first kappa shape index (κ1) is 10.8. The average Bonchev–Trinajstić information content (AvgIpc) is 2.94. The normalized spacial score (nSPS) is 16.8. The Hall–Kier alpha value is -1.35. The molecule has 88 valence electrons. The van der Waals surface area contributed by atoms with Gasteiger partial charge in [-0.05, 0) is 25.0 Å². The Kier molecular flexibility index (Phi) is 2.63. The number of hydrogen-bond donors (Lipinski definition) is 0. The van der Waals surface area contributed by atoms with E-state index in [9.17, 15) is 4.79 Å². The van der Waals surface area contributed by atoms with E-state index < -0.39 is 0 Å². The van der Waals surface area contributed by atoms with Gasteiger partial charge in [0.2, 0.25) is 0 Å². The summed E-state index contributed by atoms with van der Waals surface area (Å²) in [6, 6.07) is 3.65. The Bertz CT molecular complexity index is 570. The molecule has 0 unspecified atom stereocenters. The standard InChI is InChI=1S/C13H13ClN2O/c14-10-5-6-12-11(8-17)15-13(16(12)7-10)9-3-1-2-4-9/h5-9H,1-4H2. The summed E-state index contributed by atoms with van der Waals surface area (Å²) in [5, 5.41) is 0.673. The quantitative estimate of drug-likeness (QED) is 0.763. The van der Waals surface area contributed by atoms with Gasteiger partial charge in [-0.25, -0.2) is 4.98 Å². The van der Waals surface area contributed by atoms with Crippen LogP contribution in [0.4, 0.5) is 0 Å². The molecule has 0 aromatic carbocycles. The second-order valence-corrected chi connectivity index (χ2v) is 4.99. The van der Waals surface area contributed by atoms with Crippen molar-refractivity contribution in [1.29, 1.82) is 0 Å². The van der Waals surface area contributed by atoms with Crippen LogP contribution in [0.15, 0.2) is 18.3 Å². The molecule has 0 N–H and O–H groups in total. The molecule has 0 bridgehead atoms. The predicted octanol–water partition coefficient (Wildman–Crippen LogP) is 3.46. The summed E-state index contributed by atoms with van der Waals surface area (Å²) in [6.07, 6.45) is 7.48. The number of hydrogen-bond acceptors (Lipinski definition) is 2. The molecule has 3 rings (SSSR count). The predicted molar refractivity (Wildman–Crippen MR) is 66.8 cm³/mol. The number of carbonyl (C=O) groups is 1. The molecule has 0 saturated heterocycles. The van der Waals surface area contributed by atoms with Gasteiger partial charge in [-0.3, -0.25) is 4.79 Å². The van der Waals surface area contributed by atoms with Gasteiger partial charge in [0.15, 0.2) is 6.29 Å². The highest BCUT2D eigenvalue weighted by atomic mass is 35.5. The highest BCUT2D eigenvalue weighted by Crippen LogP contribution is 2.34. The van der Waals surface area contributed by atoms with Crippen LogP contribution >= 0.6 is 11.6 Å². The van der Waals surface area contributed by atoms with Crippen LogP contribution in [0.5, 0.6) is 0 Å². The van der Waals surface area contributed by atoms with E-state index in [4.69, 9.17) is 11.6 Å². The molecule has 2 heterocycles. The lowest BCUT2D eigenvalue weighted by Gasteiger charge is -2.07. The number of pyridine rings is 1. The fraction of sp³-hybridized carbons (Fsp3) is 0.385. The SMILES string of the molecule is O=Cc1nc(C2CCCC2)n2cc(Cl)ccc12. The first-order valence-corrected chi connectivity index (χ1v) is 6.30. The third kappa shape index (κ3) is 1.75. The lowest BCUT2D eigenvalue weighted by Crippen LogP contribution is -1.99. The molecule has 17 heavy (non-hydrogen) atoms. The summed E-state index contributed by atoms with van der Waals surface area (Å²) >= 11 is 6.01. The zero-order valence-electron chi connectivity index (χ0n) is 9.40. The molecule has 3 nitrogen and oxygen atoms in total. The Labute approximate surface area is 104 Å². The van der Waals surface area contributed by atoms with Gasteiger partial charge >= 0.3 is 0 Å². The number of carbonyl (C=O) groups excluding carboxylic acids is 1. The summed E-state index contributed by atoms with van der Waals surface area (Å²) < 4.78 is 1.97. The van der Waals surface area contributed by atoms with E-state index in [1.807, 2.05) is 16.7 Å². The van der Waals surface area contributed by atoms with E-state index in [0.717, 1.165) is 30.5 Å². The van der Waals surface area contributed by atoms with Gasteiger partial charge in [-0.2, -0.15) is 0 Å². The fourth-order valence-electron chi connectivity index (χ4n) is 2.67. The van der Waals surface area contributed by atoms with Crippen molar-refractivity contribution < 1.29 is 4.79 Å². The van der Waals surface area contributed by atoms with Gasteiger partial charge in [0.25, 0.3) is 0 Å². The summed E-state index contributed by atoms with van der Waals surface area (Å²) in [7, 11) is 0. The lowest BCUT2D eigenvalue weighted by atomic mass is 10.1. The molecule has 2 aromatic heterocycles. The highest BCUT2D eigenvalue weighted by Gasteiger charge is 2.23. The Balaban J connectivity index is 2.22. The maximum absolute atomic E-state index is 11.0. The molecule has 2 aromatic rings. The molecule has 1 fully saturated rings. The van der Waals surface area contributed by atoms with Crippen molar-refractivity contribution in [2.24, 2.45) is 0 Å². The van der Waals surface area contributed by atoms with Crippen LogP contribution in [0.2, 0.25) is 5.02 Å². The zero-order chi connectivity index (χ0) is 11.8. The topological polar surface area (TPSA) is 34.4 Å². The van der Waals surface area contributed by atoms with E-state index >= 15 is 0 Å². The minimum atomic E-state index is 0.467. The van der Waals surface area contributed by atoms with Gasteiger partial charge in [0.1, 0.15) is 11.5 Å². The van der Waals surface area contributed by atoms with Crippen molar-refractivity contribution in [2.75, 3.05) is 0 Å². The minimum Gasteiger partial charge on any atom is -0.301 e. The third-order valence-corrected chi connectivity index (χ3v) is 3.71. The van der Waals surface area contributed by atoms with Crippen molar-refractivity contribution in [2.45, 2.75) is 31.6 Å². The molecule has 0 amide bonds. The van der Waals surface area contributed by atoms with E-state index in [0.29, 0.717) is 16.6 Å². The number of imidazole rings is 1. The van der Waals surface area contributed by atoms with Crippen molar-refractivity contribution >= 4 is 23.4 Å². The maximum atomic E-state index is 11.0. The smallest absolute Gasteiger partial charge is 0.170 e. The highest BCUT2D eigenvalue weighted by molar-refractivity contribution is 6.30. The number of fused-ring (bicyclic) bond motifs is 1. The summed E-state index contributed by atoms with van der Waals surface area (Å²) in [6.45, 7) is 0. The van der Waals surface area contributed by atoms with Crippen molar-refractivity contribution in [3.05, 3.63) is 34.9 Å². The summed E-state index contributed by atoms with van der Waals surface area (Å²) in [5.41, 5.74) is 1.37. The van der Waals surface area contributed by atoms with E-state index in [-0.39, 0.29) is 0 Å². The van der Waals surface area contributed by atoms with E-state index in [2.05, 4.69) is 4.98 Å². The first-order valence-electron chi connectivity index (χ1n) is 5.92. The first-order chi connectivity index (χ1) is 8.29. The second-order valence-electron chi connectivity index (χ2n) is 4.56. The molecule has 0 aliphatic heterocycles. The molecular weight excluding hydrogens is 236 g/mol. The number of halogens is 1. The molecule has 1 aliphatic carbocycles. The molecular formula is C13H13ClN2O. The average molecular weight is 249 g/mol. The Morgan fingerprint density at radius 1 is 1.35 bits per heavy atom. The maximum Gasteiger partial charge on any atom is 0.170 e. The summed E-state index contributed by atoms with van der Waals surface area (Å²) in [4.78, 5) is 15.5. The van der Waals surface area contributed by atoms with E-state index in [1.54, 1.807) is 6.07 Å². The molecule has 1 saturated carbocycles. The molecule has 0 spiro atoms. The lowest BCUT2D eigenvalue weighted by molar-refractivity contribution is 0.112. The third-order valence-electron chi connectivity index (χ3n) is 3.49. The van der Waals surface area contributed by atoms with Gasteiger partial charge in [0.05, 0.1) is 10.5 Å². The van der Waals surface area contributed by atoms with E-state index in [1.165, 1.54) is 12.8 Å². The number of aromatic nitrogens is 2. The molecule has 0 radical (unpaired) electrons. The van der Waals surface area contributed by atoms with Crippen molar-refractivity contribution in [3.63, 3.8) is 0 Å². The van der Waals surface area contributed by atoms with Crippen LogP contribution in [-0.2, 0) is 0 Å². The van der Waals surface area contributed by atoms with Gasteiger partial charge in [-0.15, -0.1) is 0 Å². The Morgan fingerprint density at radius 3 is 2.82 bits per heavy atom. The number of nitrogens with zero attached hydrogens (tertiary/aromatic N) is 2. The summed E-state index contributed by atoms with van der Waals surface area (Å²) in [5.74, 6) is 1.46. The van der Waals surface area contributed by atoms with Crippen LogP contribution in [0.25, 0.3) is 5.52 Å². The zero-order valence-corrected chi connectivity index (χ0v) is 10.2. The second kappa shape index (κ2) is 4.15. The van der Waals surface area contributed by atoms with Crippen molar-refractivity contribution in [3.8, 4) is 0 Å². The van der Waals surface area contributed by atoms with Crippen LogP contribution in [0, 0.1) is 0 Å². The molecule has 0 atom stereocenters. The van der Waals surface area contributed by atoms with Crippen LogP contribution in [-0.4, -0.2) is 15.7 Å². The Morgan fingerprint density at radius 2 is 2.12 bits per heavy atom. The van der Waals surface area contributed by atoms with Crippen LogP contribution in [0.3, 0.4) is 0 Å². The number of aldehydes is 1. The monoisotopic (exact) mass is 248 g/mol. The van der Waals surface area contributed by atoms with Gasteiger partial charge in [0, 0.05) is 12.1 Å². The van der Waals surface area contributed by atoms with Crippen LogP contribution in [0.1, 0.15) is 47.9 Å². The van der Waals surface area contributed by atoms with Gasteiger partial charge in [-0.1, -0.05) is 24.4 Å².